The molecular weight excluding hydrogens is 292 g/mol. The third-order valence-electron chi connectivity index (χ3n) is 4.98. The maximum absolute atomic E-state index is 12.5. The molecule has 1 aliphatic heterocycles. The van der Waals surface area contributed by atoms with Gasteiger partial charge in [-0.25, -0.2) is 0 Å². The van der Waals surface area contributed by atoms with Crippen molar-refractivity contribution >= 4 is 22.8 Å². The SMILES string of the molecule is C=CC(=O)N1CC2CC2(C(=O)NCc2cc3ccccc3o2)C1. The minimum atomic E-state index is -0.398. The van der Waals surface area contributed by atoms with Crippen LogP contribution < -0.4 is 5.32 Å². The first-order valence-corrected chi connectivity index (χ1v) is 7.79. The van der Waals surface area contributed by atoms with Crippen LogP contribution in [-0.2, 0) is 16.1 Å². The van der Waals surface area contributed by atoms with Gasteiger partial charge in [-0.05, 0) is 30.5 Å². The summed E-state index contributed by atoms with van der Waals surface area (Å²) in [4.78, 5) is 25.9. The molecule has 2 unspecified atom stereocenters. The number of hydrogen-bond acceptors (Lipinski definition) is 3. The van der Waals surface area contributed by atoms with Crippen molar-refractivity contribution in [2.24, 2.45) is 11.3 Å². The fourth-order valence-electron chi connectivity index (χ4n) is 3.60. The fourth-order valence-corrected chi connectivity index (χ4v) is 3.60. The highest BCUT2D eigenvalue weighted by Crippen LogP contribution is 2.57. The number of piperidine rings is 1. The van der Waals surface area contributed by atoms with Crippen LogP contribution >= 0.6 is 0 Å². The van der Waals surface area contributed by atoms with Crippen molar-refractivity contribution in [2.45, 2.75) is 13.0 Å². The third kappa shape index (κ3) is 2.23. The van der Waals surface area contributed by atoms with Gasteiger partial charge in [-0.3, -0.25) is 9.59 Å². The van der Waals surface area contributed by atoms with Crippen LogP contribution in [0.3, 0.4) is 0 Å². The van der Waals surface area contributed by atoms with Crippen LogP contribution in [0.15, 0.2) is 47.4 Å². The van der Waals surface area contributed by atoms with Crippen molar-refractivity contribution in [3.05, 3.63) is 48.7 Å². The number of fused-ring (bicyclic) bond motifs is 2. The number of nitrogens with one attached hydrogen (secondary N) is 1. The van der Waals surface area contributed by atoms with Crippen molar-refractivity contribution in [3.8, 4) is 0 Å². The average Bonchev–Trinajstić information content (AvgIpc) is 2.96. The van der Waals surface area contributed by atoms with Gasteiger partial charge in [0.2, 0.25) is 11.8 Å². The molecule has 1 N–H and O–H groups in total. The summed E-state index contributed by atoms with van der Waals surface area (Å²) in [5.41, 5.74) is 0.424. The van der Waals surface area contributed by atoms with Gasteiger partial charge in [-0.2, -0.15) is 0 Å². The van der Waals surface area contributed by atoms with E-state index in [1.54, 1.807) is 4.90 Å². The second-order valence-corrected chi connectivity index (χ2v) is 6.41. The van der Waals surface area contributed by atoms with E-state index in [1.807, 2.05) is 30.3 Å². The van der Waals surface area contributed by atoms with Crippen LogP contribution in [0.1, 0.15) is 12.2 Å². The molecule has 2 fully saturated rings. The number of carbonyl (C=O) groups is 2. The maximum atomic E-state index is 12.5. The first-order valence-electron chi connectivity index (χ1n) is 7.79. The van der Waals surface area contributed by atoms with E-state index in [-0.39, 0.29) is 17.7 Å². The van der Waals surface area contributed by atoms with Crippen LogP contribution in [0.2, 0.25) is 0 Å². The summed E-state index contributed by atoms with van der Waals surface area (Å²) in [5.74, 6) is 0.941. The molecule has 2 aromatic rings. The summed E-state index contributed by atoms with van der Waals surface area (Å²) in [6.07, 6.45) is 2.17. The van der Waals surface area contributed by atoms with Crippen molar-refractivity contribution in [3.63, 3.8) is 0 Å². The third-order valence-corrected chi connectivity index (χ3v) is 4.98. The van der Waals surface area contributed by atoms with Gasteiger partial charge in [-0.1, -0.05) is 24.8 Å². The number of likely N-dealkylation sites (tertiary alicyclic amines) is 1. The van der Waals surface area contributed by atoms with Gasteiger partial charge in [-0.15, -0.1) is 0 Å². The normalized spacial score (nSPS) is 25.2. The predicted octanol–water partition coefficient (Wildman–Crippen LogP) is 2.08. The van der Waals surface area contributed by atoms with Crippen LogP contribution in [0.5, 0.6) is 0 Å². The molecule has 1 aromatic carbocycles. The maximum Gasteiger partial charge on any atom is 0.245 e. The number of amides is 2. The highest BCUT2D eigenvalue weighted by molar-refractivity contribution is 5.91. The average molecular weight is 310 g/mol. The lowest BCUT2D eigenvalue weighted by Gasteiger charge is -2.19. The Morgan fingerprint density at radius 2 is 2.26 bits per heavy atom. The Morgan fingerprint density at radius 1 is 1.43 bits per heavy atom. The molecule has 4 rings (SSSR count). The Kier molecular flexibility index (Phi) is 3.04. The number of hydrogen-bond donors (Lipinski definition) is 1. The van der Waals surface area contributed by atoms with E-state index < -0.39 is 5.41 Å². The van der Waals surface area contributed by atoms with E-state index in [0.29, 0.717) is 19.6 Å². The highest BCUT2D eigenvalue weighted by Gasteiger charge is 2.65. The van der Waals surface area contributed by atoms with Gasteiger partial charge in [0.25, 0.3) is 0 Å². The number of benzene rings is 1. The van der Waals surface area contributed by atoms with Gasteiger partial charge in [0.05, 0.1) is 12.0 Å². The Balaban J connectivity index is 1.41. The van der Waals surface area contributed by atoms with Gasteiger partial charge in [0.15, 0.2) is 0 Å². The molecule has 0 spiro atoms. The van der Waals surface area contributed by atoms with Crippen molar-refractivity contribution in [2.75, 3.05) is 13.1 Å². The van der Waals surface area contributed by atoms with Crippen molar-refractivity contribution in [1.82, 2.24) is 10.2 Å². The standard InChI is InChI=1S/C18H18N2O3/c1-2-16(21)20-10-13-8-18(13,11-20)17(22)19-9-14-7-12-5-3-4-6-15(12)23-14/h2-7,13H,1,8-11H2,(H,19,22). The summed E-state index contributed by atoms with van der Waals surface area (Å²) in [6, 6.07) is 9.71. The smallest absolute Gasteiger partial charge is 0.245 e. The zero-order valence-electron chi connectivity index (χ0n) is 12.7. The van der Waals surface area contributed by atoms with Crippen molar-refractivity contribution in [1.29, 1.82) is 0 Å². The number of para-hydroxylation sites is 1. The fraction of sp³-hybridized carbons (Fsp3) is 0.333. The lowest BCUT2D eigenvalue weighted by atomic mass is 10.1. The van der Waals surface area contributed by atoms with Crippen LogP contribution in [0.4, 0.5) is 0 Å². The molecule has 1 aromatic heterocycles. The lowest BCUT2D eigenvalue weighted by molar-refractivity contribution is -0.128. The van der Waals surface area contributed by atoms with E-state index in [0.717, 1.165) is 23.2 Å². The minimum absolute atomic E-state index is 0.0160. The number of rotatable bonds is 4. The number of carbonyl (C=O) groups excluding carboxylic acids is 2. The summed E-state index contributed by atoms with van der Waals surface area (Å²) < 4.78 is 5.71. The first-order chi connectivity index (χ1) is 11.1. The van der Waals surface area contributed by atoms with E-state index in [1.165, 1.54) is 6.08 Å². The quantitative estimate of drug-likeness (QED) is 0.880. The van der Waals surface area contributed by atoms with Gasteiger partial charge in [0, 0.05) is 18.5 Å². The molecule has 23 heavy (non-hydrogen) atoms. The lowest BCUT2D eigenvalue weighted by Crippen LogP contribution is -2.37. The van der Waals surface area contributed by atoms with E-state index in [2.05, 4.69) is 11.9 Å². The van der Waals surface area contributed by atoms with E-state index in [4.69, 9.17) is 4.42 Å². The monoisotopic (exact) mass is 310 g/mol. The summed E-state index contributed by atoms with van der Waals surface area (Å²) in [6.45, 7) is 5.03. The van der Waals surface area contributed by atoms with Gasteiger partial charge >= 0.3 is 0 Å². The second-order valence-electron chi connectivity index (χ2n) is 6.41. The molecule has 1 saturated heterocycles. The first kappa shape index (κ1) is 14.1. The van der Waals surface area contributed by atoms with Gasteiger partial charge < -0.3 is 14.6 Å². The minimum Gasteiger partial charge on any atom is -0.459 e. The van der Waals surface area contributed by atoms with E-state index in [9.17, 15) is 9.59 Å². The molecular formula is C18H18N2O3. The highest BCUT2D eigenvalue weighted by atomic mass is 16.3. The molecule has 2 aliphatic rings. The molecule has 5 heteroatoms. The molecule has 2 amide bonds. The molecule has 0 radical (unpaired) electrons. The summed E-state index contributed by atoms with van der Waals surface area (Å²) in [7, 11) is 0. The summed E-state index contributed by atoms with van der Waals surface area (Å²) in [5, 5.41) is 4.00. The number of furan rings is 1. The molecule has 2 heterocycles. The predicted molar refractivity (Wildman–Crippen MR) is 85.4 cm³/mol. The van der Waals surface area contributed by atoms with Crippen LogP contribution in [0.25, 0.3) is 11.0 Å². The summed E-state index contributed by atoms with van der Waals surface area (Å²) >= 11 is 0. The number of nitrogens with zero attached hydrogens (tertiary/aromatic N) is 1. The van der Waals surface area contributed by atoms with E-state index >= 15 is 0 Å². The Morgan fingerprint density at radius 3 is 3.04 bits per heavy atom. The molecule has 118 valence electrons. The zero-order chi connectivity index (χ0) is 16.0. The van der Waals surface area contributed by atoms with Crippen molar-refractivity contribution < 1.29 is 14.0 Å². The van der Waals surface area contributed by atoms with Crippen LogP contribution in [-0.4, -0.2) is 29.8 Å². The topological polar surface area (TPSA) is 62.6 Å². The largest absolute Gasteiger partial charge is 0.459 e. The Labute approximate surface area is 133 Å². The Bertz CT molecular complexity index is 776. The van der Waals surface area contributed by atoms with Crippen LogP contribution in [0, 0.1) is 11.3 Å². The second kappa shape index (κ2) is 4.98. The van der Waals surface area contributed by atoms with Gasteiger partial charge in [0.1, 0.15) is 11.3 Å². The molecule has 0 bridgehead atoms. The molecule has 1 saturated carbocycles. The zero-order valence-corrected chi connectivity index (χ0v) is 12.7. The molecule has 5 nitrogen and oxygen atoms in total. The molecule has 1 aliphatic carbocycles. The Hall–Kier alpha value is -2.56. The molecule has 2 atom stereocenters.